The van der Waals surface area contributed by atoms with Gasteiger partial charge in [-0.2, -0.15) is 0 Å². The van der Waals surface area contributed by atoms with Crippen molar-refractivity contribution >= 4 is 17.6 Å². The minimum Gasteiger partial charge on any atom is -0.356 e. The van der Waals surface area contributed by atoms with Crippen LogP contribution in [0, 0.1) is 0 Å². The second kappa shape index (κ2) is 5.60. The van der Waals surface area contributed by atoms with Gasteiger partial charge in [-0.3, -0.25) is 0 Å². The minimum atomic E-state index is 0.806. The molecule has 0 amide bonds. The van der Waals surface area contributed by atoms with Crippen molar-refractivity contribution in [3.05, 3.63) is 41.1 Å². The zero-order valence-corrected chi connectivity index (χ0v) is 13.7. The summed E-state index contributed by atoms with van der Waals surface area (Å²) in [5.74, 6) is 2.00. The normalized spacial score (nSPS) is 18.4. The highest BCUT2D eigenvalue weighted by atomic mass is 15.4. The fourth-order valence-corrected chi connectivity index (χ4v) is 3.93. The van der Waals surface area contributed by atoms with Crippen LogP contribution in [0.3, 0.4) is 0 Å². The number of nitrogens with zero attached hydrogens (tertiary/aromatic N) is 3. The van der Waals surface area contributed by atoms with Gasteiger partial charge in [-0.25, -0.2) is 15.4 Å². The first kappa shape index (κ1) is 14.0. The van der Waals surface area contributed by atoms with Gasteiger partial charge in [-0.05, 0) is 37.8 Å². The van der Waals surface area contributed by atoms with Crippen molar-refractivity contribution in [3.63, 3.8) is 0 Å². The Morgan fingerprint density at radius 1 is 1.00 bits per heavy atom. The zero-order valence-electron chi connectivity index (χ0n) is 13.7. The maximum absolute atomic E-state index is 5.04. The van der Waals surface area contributed by atoms with Crippen molar-refractivity contribution in [1.82, 2.24) is 15.4 Å². The fraction of sp³-hybridized carbons (Fsp3) is 0.368. The number of fused-ring (bicyclic) bond motifs is 2. The molecule has 2 aromatic rings. The van der Waals surface area contributed by atoms with Crippen LogP contribution in [0.5, 0.6) is 0 Å². The fourth-order valence-electron chi connectivity index (χ4n) is 3.93. The average Bonchev–Trinajstić information content (AvgIpc) is 3.30. The molecule has 1 saturated heterocycles. The van der Waals surface area contributed by atoms with Crippen LogP contribution < -0.4 is 15.8 Å². The lowest BCUT2D eigenvalue weighted by atomic mass is 10.0. The standard InChI is InChI=1S/C19H21N5/c1-2-10-24(11-3-1)19-14-7-5-8-16(14)21-18(22-19)13-6-4-9-17-15(13)12-20-23-17/h4-6,8-9,20,23H,1-3,7,10-12H2. The second-order valence-electron chi connectivity index (χ2n) is 6.70. The lowest BCUT2D eigenvalue weighted by molar-refractivity contribution is 0.572. The molecule has 3 aliphatic rings. The summed E-state index contributed by atoms with van der Waals surface area (Å²) in [4.78, 5) is 12.4. The summed E-state index contributed by atoms with van der Waals surface area (Å²) in [6, 6.07) is 6.30. The Bertz CT molecular complexity index is 821. The number of allylic oxidation sites excluding steroid dienone is 1. The van der Waals surface area contributed by atoms with E-state index in [-0.39, 0.29) is 0 Å². The van der Waals surface area contributed by atoms with Gasteiger partial charge in [0.15, 0.2) is 5.82 Å². The maximum atomic E-state index is 5.04. The molecule has 5 heteroatoms. The third-order valence-electron chi connectivity index (χ3n) is 5.18. The van der Waals surface area contributed by atoms with Crippen LogP contribution in [0.2, 0.25) is 0 Å². The van der Waals surface area contributed by atoms with Gasteiger partial charge < -0.3 is 10.3 Å². The zero-order chi connectivity index (χ0) is 15.9. The van der Waals surface area contributed by atoms with E-state index in [2.05, 4.69) is 46.1 Å². The predicted molar refractivity (Wildman–Crippen MR) is 96.7 cm³/mol. The highest BCUT2D eigenvalue weighted by molar-refractivity contribution is 5.75. The Balaban J connectivity index is 1.65. The topological polar surface area (TPSA) is 53.1 Å². The van der Waals surface area contributed by atoms with Gasteiger partial charge in [0, 0.05) is 36.3 Å². The van der Waals surface area contributed by atoms with Crippen LogP contribution in [-0.2, 0) is 13.0 Å². The van der Waals surface area contributed by atoms with Gasteiger partial charge in [-0.1, -0.05) is 18.2 Å². The maximum Gasteiger partial charge on any atom is 0.162 e. The third-order valence-corrected chi connectivity index (χ3v) is 5.18. The van der Waals surface area contributed by atoms with Crippen LogP contribution in [-0.4, -0.2) is 23.1 Å². The summed E-state index contributed by atoms with van der Waals surface area (Å²) in [6.07, 6.45) is 9.16. The Labute approximate surface area is 141 Å². The number of hydrogen-bond acceptors (Lipinski definition) is 5. The van der Waals surface area contributed by atoms with Gasteiger partial charge in [-0.15, -0.1) is 0 Å². The van der Waals surface area contributed by atoms with Crippen molar-refractivity contribution in [3.8, 4) is 11.4 Å². The molecule has 5 rings (SSSR count). The number of piperidine rings is 1. The molecule has 0 radical (unpaired) electrons. The lowest BCUT2D eigenvalue weighted by Crippen LogP contribution is -2.31. The van der Waals surface area contributed by atoms with E-state index >= 15 is 0 Å². The average molecular weight is 319 g/mol. The summed E-state index contributed by atoms with van der Waals surface area (Å²) in [6.45, 7) is 3.03. The highest BCUT2D eigenvalue weighted by Gasteiger charge is 2.24. The molecule has 0 atom stereocenters. The number of aromatic nitrogens is 2. The molecular weight excluding hydrogens is 298 g/mol. The van der Waals surface area contributed by atoms with Crippen LogP contribution in [0.4, 0.5) is 11.5 Å². The van der Waals surface area contributed by atoms with E-state index in [1.807, 2.05) is 0 Å². The van der Waals surface area contributed by atoms with Crippen LogP contribution in [0.25, 0.3) is 17.5 Å². The minimum absolute atomic E-state index is 0.806. The van der Waals surface area contributed by atoms with Crippen molar-refractivity contribution < 1.29 is 0 Å². The molecule has 0 bridgehead atoms. The van der Waals surface area contributed by atoms with E-state index < -0.39 is 0 Å². The summed E-state index contributed by atoms with van der Waals surface area (Å²) in [7, 11) is 0. The summed E-state index contributed by atoms with van der Waals surface area (Å²) in [5.41, 5.74) is 12.3. The Morgan fingerprint density at radius 2 is 1.92 bits per heavy atom. The molecule has 2 N–H and O–H groups in total. The molecule has 1 fully saturated rings. The molecule has 1 aliphatic carbocycles. The summed E-state index contributed by atoms with van der Waals surface area (Å²) in [5, 5.41) is 0. The van der Waals surface area contributed by atoms with Crippen LogP contribution in [0.1, 0.15) is 36.1 Å². The number of hydrogen-bond donors (Lipinski definition) is 2. The van der Waals surface area contributed by atoms with Crippen LogP contribution in [0.15, 0.2) is 24.3 Å². The summed E-state index contributed by atoms with van der Waals surface area (Å²) >= 11 is 0. The molecule has 0 spiro atoms. The molecular formula is C19H21N5. The Kier molecular flexibility index (Phi) is 3.26. The number of rotatable bonds is 2. The first-order valence-electron chi connectivity index (χ1n) is 8.84. The van der Waals surface area contributed by atoms with E-state index in [0.29, 0.717) is 0 Å². The first-order chi connectivity index (χ1) is 11.9. The Hall–Kier alpha value is -2.40. The SMILES string of the molecule is C1=Cc2nc(-c3cccc4c3CNN4)nc(N3CCCCC3)c2C1. The number of benzene rings is 1. The number of anilines is 2. The van der Waals surface area contributed by atoms with E-state index in [4.69, 9.17) is 9.97 Å². The second-order valence-corrected chi connectivity index (χ2v) is 6.70. The van der Waals surface area contributed by atoms with Gasteiger partial charge in [0.1, 0.15) is 5.82 Å². The smallest absolute Gasteiger partial charge is 0.162 e. The molecule has 24 heavy (non-hydrogen) atoms. The molecule has 5 nitrogen and oxygen atoms in total. The van der Waals surface area contributed by atoms with Gasteiger partial charge in [0.2, 0.25) is 0 Å². The Morgan fingerprint density at radius 3 is 2.83 bits per heavy atom. The molecule has 1 aromatic carbocycles. The van der Waals surface area contributed by atoms with Gasteiger partial charge >= 0.3 is 0 Å². The van der Waals surface area contributed by atoms with Crippen LogP contribution >= 0.6 is 0 Å². The van der Waals surface area contributed by atoms with Crippen molar-refractivity contribution in [2.45, 2.75) is 32.2 Å². The molecule has 0 unspecified atom stereocenters. The molecule has 1 aromatic heterocycles. The van der Waals surface area contributed by atoms with Gasteiger partial charge in [0.25, 0.3) is 0 Å². The molecule has 0 saturated carbocycles. The van der Waals surface area contributed by atoms with Crippen molar-refractivity contribution in [2.75, 3.05) is 23.4 Å². The number of nitrogens with one attached hydrogen (secondary N) is 2. The van der Waals surface area contributed by atoms with Gasteiger partial charge in [0.05, 0.1) is 11.4 Å². The highest BCUT2D eigenvalue weighted by Crippen LogP contribution is 2.34. The largest absolute Gasteiger partial charge is 0.356 e. The van der Waals surface area contributed by atoms with E-state index in [1.165, 1.54) is 30.4 Å². The summed E-state index contributed by atoms with van der Waals surface area (Å²) < 4.78 is 0. The van der Waals surface area contributed by atoms with E-state index in [1.54, 1.807) is 0 Å². The quantitative estimate of drug-likeness (QED) is 0.891. The first-order valence-corrected chi connectivity index (χ1v) is 8.84. The third kappa shape index (κ3) is 2.19. The monoisotopic (exact) mass is 319 g/mol. The van der Waals surface area contributed by atoms with E-state index in [9.17, 15) is 0 Å². The van der Waals surface area contributed by atoms with Crippen molar-refractivity contribution in [2.24, 2.45) is 0 Å². The van der Waals surface area contributed by atoms with Crippen molar-refractivity contribution in [1.29, 1.82) is 0 Å². The molecule has 2 aliphatic heterocycles. The van der Waals surface area contributed by atoms with E-state index in [0.717, 1.165) is 54.6 Å². The number of hydrazine groups is 1. The predicted octanol–water partition coefficient (Wildman–Crippen LogP) is 3.13. The molecule has 3 heterocycles. The lowest BCUT2D eigenvalue weighted by Gasteiger charge is -2.29. The molecule has 122 valence electrons.